The number of hydroxylamine groups is 2. The third-order valence-electron chi connectivity index (χ3n) is 6.89. The third kappa shape index (κ3) is 8.95. The average molecular weight is 531 g/mol. The molecule has 0 saturated carbocycles. The number of hydrogen-bond acceptors (Lipinski definition) is 4. The van der Waals surface area contributed by atoms with E-state index in [0.717, 1.165) is 30.4 Å². The molecule has 1 aromatic heterocycles. The molecule has 0 saturated heterocycles. The van der Waals surface area contributed by atoms with Gasteiger partial charge in [-0.15, -0.1) is 0 Å². The van der Waals surface area contributed by atoms with Crippen LogP contribution in [-0.4, -0.2) is 16.7 Å². The second-order valence-corrected chi connectivity index (χ2v) is 9.83. The summed E-state index contributed by atoms with van der Waals surface area (Å²) in [4.78, 5) is 4.53. The number of likely N-dealkylation sites (N-methyl/N-ethyl adjacent to an activating group) is 1. The molecule has 2 radical (unpaired) electrons. The molecule has 0 aliphatic heterocycles. The highest BCUT2D eigenvalue weighted by Crippen LogP contribution is 2.35. The Hall–Kier alpha value is -2.71. The van der Waals surface area contributed by atoms with Crippen molar-refractivity contribution in [3.8, 4) is 11.5 Å². The van der Waals surface area contributed by atoms with Crippen molar-refractivity contribution in [2.45, 2.75) is 96.7 Å². The van der Waals surface area contributed by atoms with Gasteiger partial charge in [-0.2, -0.15) is 18.2 Å². The topological polar surface area (TPSA) is 64.7 Å². The summed E-state index contributed by atoms with van der Waals surface area (Å²) in [6.07, 6.45) is 7.31. The fourth-order valence-electron chi connectivity index (χ4n) is 4.73. The highest BCUT2D eigenvalue weighted by molar-refractivity contribution is 5.54. The number of benzene rings is 2. The molecule has 3 rings (SSSR count). The quantitative estimate of drug-likeness (QED) is 0.106. The summed E-state index contributed by atoms with van der Waals surface area (Å²) >= 11 is 0. The zero-order valence-electron chi connectivity index (χ0n) is 22.5. The third-order valence-corrected chi connectivity index (χ3v) is 6.89. The molecule has 8 heteroatoms. The highest BCUT2D eigenvalue weighted by atomic mass is 19.4. The molecule has 0 N–H and O–H groups in total. The van der Waals surface area contributed by atoms with Gasteiger partial charge in [0.1, 0.15) is 0 Å². The predicted octanol–water partition coefficient (Wildman–Crippen LogP) is 8.62. The molecule has 0 fully saturated rings. The van der Waals surface area contributed by atoms with Gasteiger partial charge in [0.2, 0.25) is 6.04 Å². The molecule has 1 unspecified atom stereocenters. The Bertz CT molecular complexity index is 1100. The average Bonchev–Trinajstić information content (AvgIpc) is 3.39. The molecule has 3 aromatic rings. The van der Waals surface area contributed by atoms with Gasteiger partial charge in [-0.3, -0.25) is 0 Å². The monoisotopic (exact) mass is 530 g/mol. The van der Waals surface area contributed by atoms with Crippen molar-refractivity contribution in [1.82, 2.24) is 15.2 Å². The first-order valence-electron chi connectivity index (χ1n) is 13.8. The molecule has 1 heterocycles. The van der Waals surface area contributed by atoms with Crippen LogP contribution in [0.5, 0.6) is 0 Å². The normalized spacial score (nSPS) is 12.8. The van der Waals surface area contributed by atoms with Gasteiger partial charge in [-0.1, -0.05) is 93.8 Å². The standard InChI is InChI=1S/C30H39F3N3O2/c1-3-5-6-7-8-9-10-11-12-20-28-34-29(38-35-28)25-18-15-17-24(21-25)27(36(37)4-2)22-23-16-13-14-19-26(23)30(31,32)33/h13-19,21,27H,3-12,20,22H2,1-2H3/q+1. The van der Waals surface area contributed by atoms with Crippen LogP contribution in [0, 0.1) is 0 Å². The van der Waals surface area contributed by atoms with E-state index >= 15 is 0 Å². The second kappa shape index (κ2) is 15.0. The summed E-state index contributed by atoms with van der Waals surface area (Å²) in [5.74, 6) is 0.990. The Morgan fingerprint density at radius 2 is 1.58 bits per heavy atom. The van der Waals surface area contributed by atoms with Gasteiger partial charge >= 0.3 is 6.18 Å². The smallest absolute Gasteiger partial charge is 0.334 e. The Morgan fingerprint density at radius 1 is 0.895 bits per heavy atom. The van der Waals surface area contributed by atoms with Gasteiger partial charge in [0.15, 0.2) is 12.4 Å². The number of aromatic nitrogens is 2. The molecule has 38 heavy (non-hydrogen) atoms. The first kappa shape index (κ1) is 29.8. The summed E-state index contributed by atoms with van der Waals surface area (Å²) < 4.78 is 46.2. The summed E-state index contributed by atoms with van der Waals surface area (Å²) in [6, 6.07) is 11.7. The Morgan fingerprint density at radius 3 is 2.26 bits per heavy atom. The van der Waals surface area contributed by atoms with Crippen LogP contribution in [0.1, 0.15) is 100 Å². The maximum atomic E-state index is 13.6. The minimum absolute atomic E-state index is 0.0653. The molecule has 0 spiro atoms. The number of nitrogens with zero attached hydrogens (tertiary/aromatic N) is 3. The van der Waals surface area contributed by atoms with Crippen LogP contribution in [0.3, 0.4) is 0 Å². The molecular weight excluding hydrogens is 491 g/mol. The molecule has 0 aliphatic carbocycles. The lowest BCUT2D eigenvalue weighted by Gasteiger charge is -2.17. The van der Waals surface area contributed by atoms with E-state index in [1.807, 2.05) is 0 Å². The van der Waals surface area contributed by atoms with Crippen molar-refractivity contribution in [1.29, 1.82) is 0 Å². The SMILES string of the molecule is CCCCCCCCCCCc1noc(-c2cccc(C(Cc3ccccc3C(F)(F)F)[N+]([O])CC)c2)n1. The maximum Gasteiger partial charge on any atom is 0.416 e. The maximum absolute atomic E-state index is 13.6. The zero-order valence-corrected chi connectivity index (χ0v) is 22.5. The van der Waals surface area contributed by atoms with Gasteiger partial charge in [-0.25, -0.2) is 0 Å². The fourth-order valence-corrected chi connectivity index (χ4v) is 4.73. The first-order valence-corrected chi connectivity index (χ1v) is 13.8. The van der Waals surface area contributed by atoms with Crippen molar-refractivity contribution in [3.63, 3.8) is 0 Å². The molecule has 0 amide bonds. The molecule has 206 valence electrons. The summed E-state index contributed by atoms with van der Waals surface area (Å²) in [5.41, 5.74) is 0.622. The number of hydrogen-bond donors (Lipinski definition) is 0. The van der Waals surface area contributed by atoms with Gasteiger partial charge in [-0.05, 0) is 37.1 Å². The van der Waals surface area contributed by atoms with E-state index in [-0.39, 0.29) is 18.5 Å². The molecule has 5 nitrogen and oxygen atoms in total. The van der Waals surface area contributed by atoms with E-state index in [2.05, 4.69) is 17.1 Å². The lowest BCUT2D eigenvalue weighted by atomic mass is 9.94. The van der Waals surface area contributed by atoms with E-state index in [1.54, 1.807) is 37.3 Å². The minimum atomic E-state index is -4.49. The Labute approximate surface area is 224 Å². The molecular formula is C30H39F3N3O2+. The van der Waals surface area contributed by atoms with Crippen LogP contribution in [-0.2, 0) is 24.2 Å². The van der Waals surface area contributed by atoms with Gasteiger partial charge in [0.05, 0.1) is 10.8 Å². The molecule has 2 aromatic carbocycles. The van der Waals surface area contributed by atoms with Crippen molar-refractivity contribution >= 4 is 0 Å². The zero-order chi connectivity index (χ0) is 27.4. The largest absolute Gasteiger partial charge is 0.416 e. The van der Waals surface area contributed by atoms with Crippen LogP contribution in [0.25, 0.3) is 11.5 Å². The van der Waals surface area contributed by atoms with E-state index in [4.69, 9.17) is 4.52 Å². The number of aryl methyl sites for hydroxylation is 1. The van der Waals surface area contributed by atoms with Crippen molar-refractivity contribution in [2.24, 2.45) is 0 Å². The lowest BCUT2D eigenvalue weighted by Crippen LogP contribution is -2.31. The lowest BCUT2D eigenvalue weighted by molar-refractivity contribution is -0.138. The van der Waals surface area contributed by atoms with Crippen LogP contribution in [0.4, 0.5) is 13.2 Å². The van der Waals surface area contributed by atoms with Gasteiger partial charge in [0.25, 0.3) is 5.89 Å². The van der Waals surface area contributed by atoms with E-state index in [0.29, 0.717) is 22.8 Å². The van der Waals surface area contributed by atoms with Gasteiger partial charge < -0.3 is 4.52 Å². The number of halogens is 3. The van der Waals surface area contributed by atoms with Gasteiger partial charge in [0, 0.05) is 29.0 Å². The van der Waals surface area contributed by atoms with E-state index in [1.165, 1.54) is 57.1 Å². The number of alkyl halides is 3. The second-order valence-electron chi connectivity index (χ2n) is 9.83. The Balaban J connectivity index is 1.64. The van der Waals surface area contributed by atoms with E-state index in [9.17, 15) is 18.4 Å². The first-order chi connectivity index (χ1) is 18.3. The summed E-state index contributed by atoms with van der Waals surface area (Å²) in [5, 5.41) is 17.7. The number of unbranched alkanes of at least 4 members (excludes halogenated alkanes) is 8. The van der Waals surface area contributed by atoms with Crippen molar-refractivity contribution in [2.75, 3.05) is 6.54 Å². The van der Waals surface area contributed by atoms with E-state index < -0.39 is 17.8 Å². The summed E-state index contributed by atoms with van der Waals surface area (Å²) in [7, 11) is 0. The molecule has 1 atom stereocenters. The van der Waals surface area contributed by atoms with Crippen molar-refractivity contribution < 1.29 is 22.9 Å². The highest BCUT2D eigenvalue weighted by Gasteiger charge is 2.37. The predicted molar refractivity (Wildman–Crippen MR) is 142 cm³/mol. The van der Waals surface area contributed by atoms with Crippen molar-refractivity contribution in [3.05, 3.63) is 71.0 Å². The van der Waals surface area contributed by atoms with Crippen LogP contribution in [0.15, 0.2) is 53.1 Å². The summed E-state index contributed by atoms with van der Waals surface area (Å²) in [6.45, 7) is 4.06. The fraction of sp³-hybridized carbons (Fsp3) is 0.533. The van der Waals surface area contributed by atoms with Crippen LogP contribution in [0.2, 0.25) is 0 Å². The van der Waals surface area contributed by atoms with Crippen LogP contribution >= 0.6 is 0 Å². The minimum Gasteiger partial charge on any atom is -0.334 e. The van der Waals surface area contributed by atoms with Crippen LogP contribution < -0.4 is 5.06 Å². The number of rotatable bonds is 16. The molecule has 0 bridgehead atoms. The Kier molecular flexibility index (Phi) is 11.8. The molecule has 0 aliphatic rings.